The largest absolute Gasteiger partial charge is 0.394 e. The van der Waals surface area contributed by atoms with Crippen molar-refractivity contribution >= 4 is 27.3 Å². The maximum atomic E-state index is 11.1. The SMILES string of the molecule is CC1CN(c2c(Br)cncc2[N+](=O)[O-])CC(CO)O1. The van der Waals surface area contributed by atoms with Gasteiger partial charge in [-0.05, 0) is 22.9 Å². The van der Waals surface area contributed by atoms with Crippen LogP contribution in [0.15, 0.2) is 16.9 Å². The Hall–Kier alpha value is -1.25. The van der Waals surface area contributed by atoms with Crippen molar-refractivity contribution in [2.45, 2.75) is 19.1 Å². The van der Waals surface area contributed by atoms with Gasteiger partial charge in [-0.15, -0.1) is 0 Å². The molecule has 2 atom stereocenters. The van der Waals surface area contributed by atoms with Gasteiger partial charge in [0.25, 0.3) is 0 Å². The van der Waals surface area contributed by atoms with E-state index in [4.69, 9.17) is 4.74 Å². The topological polar surface area (TPSA) is 88.7 Å². The van der Waals surface area contributed by atoms with Crippen molar-refractivity contribution in [1.29, 1.82) is 0 Å². The fraction of sp³-hybridized carbons (Fsp3) is 0.545. The van der Waals surface area contributed by atoms with Crippen LogP contribution in [-0.4, -0.2) is 46.9 Å². The summed E-state index contributed by atoms with van der Waals surface area (Å²) in [6.45, 7) is 2.69. The lowest BCUT2D eigenvalue weighted by Gasteiger charge is -2.37. The van der Waals surface area contributed by atoms with Crippen molar-refractivity contribution in [3.05, 3.63) is 27.0 Å². The Labute approximate surface area is 118 Å². The summed E-state index contributed by atoms with van der Waals surface area (Å²) < 4.78 is 6.10. The van der Waals surface area contributed by atoms with Crippen molar-refractivity contribution < 1.29 is 14.8 Å². The molecule has 2 heterocycles. The van der Waals surface area contributed by atoms with Crippen LogP contribution in [0.4, 0.5) is 11.4 Å². The number of hydrogen-bond donors (Lipinski definition) is 1. The summed E-state index contributed by atoms with van der Waals surface area (Å²) in [5.74, 6) is 0. The molecule has 0 amide bonds. The first kappa shape index (κ1) is 14.2. The van der Waals surface area contributed by atoms with Gasteiger partial charge in [-0.2, -0.15) is 0 Å². The molecule has 0 saturated carbocycles. The average Bonchev–Trinajstić information content (AvgIpc) is 2.37. The minimum absolute atomic E-state index is 0.0554. The first-order chi connectivity index (χ1) is 9.02. The number of nitro groups is 1. The fourth-order valence-corrected chi connectivity index (χ4v) is 2.77. The molecule has 0 bridgehead atoms. The van der Waals surface area contributed by atoms with Crippen molar-refractivity contribution in [1.82, 2.24) is 4.98 Å². The standard InChI is InChI=1S/C11H14BrN3O4/c1-7-4-14(5-8(6-16)19-7)11-9(12)2-13-3-10(11)15(17)18/h2-3,7-8,16H,4-6H2,1H3. The second-order valence-corrected chi connectivity index (χ2v) is 5.26. The lowest BCUT2D eigenvalue weighted by Crippen LogP contribution is -2.48. The molecule has 19 heavy (non-hydrogen) atoms. The summed E-state index contributed by atoms with van der Waals surface area (Å²) >= 11 is 3.30. The normalized spacial score (nSPS) is 23.4. The predicted molar refractivity (Wildman–Crippen MR) is 72.2 cm³/mol. The number of nitrogens with zero attached hydrogens (tertiary/aromatic N) is 3. The quantitative estimate of drug-likeness (QED) is 0.664. The molecule has 0 spiro atoms. The van der Waals surface area contributed by atoms with Crippen molar-refractivity contribution in [2.24, 2.45) is 0 Å². The maximum absolute atomic E-state index is 11.1. The number of morpholine rings is 1. The number of ether oxygens (including phenoxy) is 1. The summed E-state index contributed by atoms with van der Waals surface area (Å²) in [7, 11) is 0. The number of anilines is 1. The Morgan fingerprint density at radius 1 is 1.63 bits per heavy atom. The molecule has 1 aromatic heterocycles. The third-order valence-electron chi connectivity index (χ3n) is 2.90. The van der Waals surface area contributed by atoms with E-state index in [2.05, 4.69) is 20.9 Å². The number of rotatable bonds is 3. The summed E-state index contributed by atoms with van der Waals surface area (Å²) in [5, 5.41) is 20.3. The monoisotopic (exact) mass is 331 g/mol. The third-order valence-corrected chi connectivity index (χ3v) is 3.48. The number of aromatic nitrogens is 1. The molecule has 1 aliphatic rings. The van der Waals surface area contributed by atoms with E-state index >= 15 is 0 Å². The molecule has 1 aliphatic heterocycles. The van der Waals surface area contributed by atoms with Crippen LogP contribution in [0, 0.1) is 10.1 Å². The average molecular weight is 332 g/mol. The summed E-state index contributed by atoms with van der Waals surface area (Å²) in [6.07, 6.45) is 2.30. The van der Waals surface area contributed by atoms with E-state index in [9.17, 15) is 15.2 Å². The van der Waals surface area contributed by atoms with Gasteiger partial charge in [-0.3, -0.25) is 15.1 Å². The molecule has 104 valence electrons. The van der Waals surface area contributed by atoms with Crippen LogP contribution in [0.25, 0.3) is 0 Å². The van der Waals surface area contributed by atoms with Crippen LogP contribution in [0.1, 0.15) is 6.92 Å². The molecule has 0 radical (unpaired) electrons. The maximum Gasteiger partial charge on any atom is 0.311 e. The van der Waals surface area contributed by atoms with Crippen LogP contribution >= 0.6 is 15.9 Å². The van der Waals surface area contributed by atoms with Gasteiger partial charge < -0.3 is 14.7 Å². The van der Waals surface area contributed by atoms with Gasteiger partial charge >= 0.3 is 5.69 Å². The summed E-state index contributed by atoms with van der Waals surface area (Å²) in [4.78, 5) is 16.3. The first-order valence-electron chi connectivity index (χ1n) is 5.82. The van der Waals surface area contributed by atoms with Crippen LogP contribution in [0.3, 0.4) is 0 Å². The molecule has 8 heteroatoms. The van der Waals surface area contributed by atoms with Crippen molar-refractivity contribution in [3.8, 4) is 0 Å². The van der Waals surface area contributed by atoms with Gasteiger partial charge in [0.05, 0.1) is 28.2 Å². The predicted octanol–water partition coefficient (Wildman–Crippen LogP) is 1.34. The third kappa shape index (κ3) is 3.02. The van der Waals surface area contributed by atoms with Gasteiger partial charge in [0.15, 0.2) is 0 Å². The Balaban J connectivity index is 2.37. The number of pyridine rings is 1. The second kappa shape index (κ2) is 5.81. The first-order valence-corrected chi connectivity index (χ1v) is 6.61. The number of aliphatic hydroxyl groups is 1. The smallest absolute Gasteiger partial charge is 0.311 e. The van der Waals surface area contributed by atoms with Gasteiger partial charge in [0.1, 0.15) is 11.9 Å². The van der Waals surface area contributed by atoms with Gasteiger partial charge in [-0.25, -0.2) is 0 Å². The summed E-state index contributed by atoms with van der Waals surface area (Å²) in [5.41, 5.74) is 0.425. The minimum Gasteiger partial charge on any atom is -0.394 e. The number of halogens is 1. The van der Waals surface area contributed by atoms with E-state index in [-0.39, 0.29) is 24.5 Å². The molecule has 1 N–H and O–H groups in total. The van der Waals surface area contributed by atoms with Crippen LogP contribution in [0.2, 0.25) is 0 Å². The van der Waals surface area contributed by atoms with Crippen molar-refractivity contribution in [3.63, 3.8) is 0 Å². The molecule has 1 aromatic rings. The summed E-state index contributed by atoms with van der Waals surface area (Å²) in [6, 6.07) is 0. The van der Waals surface area contributed by atoms with E-state index in [1.165, 1.54) is 12.4 Å². The molecule has 0 aliphatic carbocycles. The fourth-order valence-electron chi connectivity index (χ4n) is 2.19. The van der Waals surface area contributed by atoms with E-state index < -0.39 is 4.92 Å². The van der Waals surface area contributed by atoms with E-state index in [0.717, 1.165) is 0 Å². The molecule has 2 rings (SSSR count). The van der Waals surface area contributed by atoms with E-state index in [0.29, 0.717) is 23.2 Å². The van der Waals surface area contributed by atoms with Gasteiger partial charge in [0.2, 0.25) is 0 Å². The van der Waals surface area contributed by atoms with Crippen LogP contribution in [0.5, 0.6) is 0 Å². The molecular weight excluding hydrogens is 318 g/mol. The van der Waals surface area contributed by atoms with Gasteiger partial charge in [-0.1, -0.05) is 0 Å². The molecule has 7 nitrogen and oxygen atoms in total. The highest BCUT2D eigenvalue weighted by atomic mass is 79.9. The Kier molecular flexibility index (Phi) is 4.33. The number of aliphatic hydroxyl groups excluding tert-OH is 1. The Morgan fingerprint density at radius 3 is 3.00 bits per heavy atom. The van der Waals surface area contributed by atoms with Crippen molar-refractivity contribution in [2.75, 3.05) is 24.6 Å². The lowest BCUT2D eigenvalue weighted by atomic mass is 10.2. The minimum atomic E-state index is -0.457. The lowest BCUT2D eigenvalue weighted by molar-refractivity contribution is -0.384. The Bertz CT molecular complexity index is 485. The molecular formula is C11H14BrN3O4. The van der Waals surface area contributed by atoms with Crippen LogP contribution < -0.4 is 4.90 Å². The van der Waals surface area contributed by atoms with Crippen LogP contribution in [-0.2, 0) is 4.74 Å². The highest BCUT2D eigenvalue weighted by Gasteiger charge is 2.30. The molecule has 1 saturated heterocycles. The second-order valence-electron chi connectivity index (χ2n) is 4.40. The zero-order valence-electron chi connectivity index (χ0n) is 10.3. The molecule has 0 aromatic carbocycles. The Morgan fingerprint density at radius 2 is 2.37 bits per heavy atom. The van der Waals surface area contributed by atoms with Gasteiger partial charge in [0, 0.05) is 19.3 Å². The number of hydrogen-bond acceptors (Lipinski definition) is 6. The highest BCUT2D eigenvalue weighted by molar-refractivity contribution is 9.10. The zero-order chi connectivity index (χ0) is 14.0. The highest BCUT2D eigenvalue weighted by Crippen LogP contribution is 2.36. The molecule has 2 unspecified atom stereocenters. The van der Waals surface area contributed by atoms with E-state index in [1.807, 2.05) is 11.8 Å². The molecule has 1 fully saturated rings. The zero-order valence-corrected chi connectivity index (χ0v) is 11.9. The van der Waals surface area contributed by atoms with E-state index in [1.54, 1.807) is 0 Å².